The fraction of sp³-hybridized carbons (Fsp3) is 0.188. The summed E-state index contributed by atoms with van der Waals surface area (Å²) in [6, 6.07) is 11.0. The molecule has 0 saturated heterocycles. The molecular weight excluding hydrogens is 432 g/mol. The summed E-state index contributed by atoms with van der Waals surface area (Å²) < 4.78 is 31.4. The van der Waals surface area contributed by atoms with Crippen molar-refractivity contribution >= 4 is 49.1 Å². The van der Waals surface area contributed by atoms with E-state index < -0.39 is 15.9 Å². The lowest BCUT2D eigenvalue weighted by Crippen LogP contribution is -2.23. The van der Waals surface area contributed by atoms with Gasteiger partial charge < -0.3 is 10.1 Å². The molecule has 25 heavy (non-hydrogen) atoms. The van der Waals surface area contributed by atoms with Gasteiger partial charge >= 0.3 is 0 Å². The summed E-state index contributed by atoms with van der Waals surface area (Å²) in [6.45, 7) is -0.231. The molecule has 2 rings (SSSR count). The van der Waals surface area contributed by atoms with E-state index in [1.807, 2.05) is 0 Å². The number of ether oxygens (including phenoxy) is 1. The third-order valence-corrected chi connectivity index (χ3v) is 5.81. The summed E-state index contributed by atoms with van der Waals surface area (Å²) in [4.78, 5) is 12.1. The fourth-order valence-electron chi connectivity index (χ4n) is 1.88. The molecular formula is C16H16BrClN2O4S. The van der Waals surface area contributed by atoms with Gasteiger partial charge in [-0.2, -0.15) is 0 Å². The quantitative estimate of drug-likeness (QED) is 0.737. The number of hydrogen-bond acceptors (Lipinski definition) is 4. The zero-order chi connectivity index (χ0) is 18.6. The predicted molar refractivity (Wildman–Crippen MR) is 101 cm³/mol. The zero-order valence-electron chi connectivity index (χ0n) is 13.5. The molecule has 0 saturated carbocycles. The van der Waals surface area contributed by atoms with Crippen LogP contribution in [0.1, 0.15) is 0 Å². The molecule has 0 spiro atoms. The first-order chi connectivity index (χ1) is 11.7. The molecule has 2 aromatic rings. The van der Waals surface area contributed by atoms with Gasteiger partial charge in [-0.3, -0.25) is 4.79 Å². The maximum Gasteiger partial charge on any atom is 0.262 e. The minimum atomic E-state index is -3.57. The lowest BCUT2D eigenvalue weighted by molar-refractivity contribution is -0.118. The monoisotopic (exact) mass is 446 g/mol. The number of nitrogens with zero attached hydrogens (tertiary/aromatic N) is 1. The zero-order valence-corrected chi connectivity index (χ0v) is 16.7. The van der Waals surface area contributed by atoms with Crippen LogP contribution in [0.5, 0.6) is 5.75 Å². The maximum absolute atomic E-state index is 12.1. The Bertz CT molecular complexity index is 887. The fourth-order valence-corrected chi connectivity index (χ4v) is 3.62. The van der Waals surface area contributed by atoms with Crippen molar-refractivity contribution in [3.8, 4) is 5.75 Å². The topological polar surface area (TPSA) is 75.7 Å². The van der Waals surface area contributed by atoms with Crippen molar-refractivity contribution in [1.29, 1.82) is 0 Å². The van der Waals surface area contributed by atoms with Gasteiger partial charge in [0.25, 0.3) is 5.91 Å². The second-order valence-corrected chi connectivity index (χ2v) is 8.67. The van der Waals surface area contributed by atoms with Gasteiger partial charge in [0.1, 0.15) is 5.75 Å². The summed E-state index contributed by atoms with van der Waals surface area (Å²) in [5.41, 5.74) is 0.367. The number of benzene rings is 2. The average Bonchev–Trinajstić information content (AvgIpc) is 2.54. The van der Waals surface area contributed by atoms with Crippen LogP contribution in [-0.4, -0.2) is 39.3 Å². The van der Waals surface area contributed by atoms with E-state index in [4.69, 9.17) is 16.3 Å². The van der Waals surface area contributed by atoms with Gasteiger partial charge in [0.15, 0.2) is 6.61 Å². The average molecular weight is 448 g/mol. The molecule has 1 amide bonds. The van der Waals surface area contributed by atoms with Crippen LogP contribution in [0.25, 0.3) is 0 Å². The number of carbonyl (C=O) groups is 1. The number of carbonyl (C=O) groups excluding carboxylic acids is 1. The van der Waals surface area contributed by atoms with Crippen molar-refractivity contribution in [3.63, 3.8) is 0 Å². The molecule has 0 fully saturated rings. The first kappa shape index (κ1) is 19.7. The Kier molecular flexibility index (Phi) is 6.45. The Hall–Kier alpha value is -1.61. The molecule has 0 aliphatic carbocycles. The molecule has 0 heterocycles. The minimum absolute atomic E-state index is 0.0941. The Morgan fingerprint density at radius 1 is 1.24 bits per heavy atom. The molecule has 2 aromatic carbocycles. The van der Waals surface area contributed by atoms with Crippen molar-refractivity contribution in [2.24, 2.45) is 0 Å². The second kappa shape index (κ2) is 8.18. The van der Waals surface area contributed by atoms with Crippen molar-refractivity contribution in [2.45, 2.75) is 4.90 Å². The Balaban J connectivity index is 2.03. The van der Waals surface area contributed by atoms with E-state index in [1.54, 1.807) is 30.3 Å². The highest BCUT2D eigenvalue weighted by Crippen LogP contribution is 2.28. The number of nitrogens with one attached hydrogen (secondary N) is 1. The Morgan fingerprint density at radius 3 is 2.60 bits per heavy atom. The van der Waals surface area contributed by atoms with Crippen LogP contribution in [0.3, 0.4) is 0 Å². The van der Waals surface area contributed by atoms with Gasteiger partial charge in [-0.05, 0) is 52.3 Å². The SMILES string of the molecule is CN(C)S(=O)(=O)c1cccc(NC(=O)COc2ccc(Cl)cc2Br)c1. The number of amides is 1. The summed E-state index contributed by atoms with van der Waals surface area (Å²) in [6.07, 6.45) is 0. The maximum atomic E-state index is 12.1. The molecule has 0 aliphatic rings. The summed E-state index contributed by atoms with van der Waals surface area (Å²) in [5.74, 6) is 0.0599. The molecule has 0 aliphatic heterocycles. The van der Waals surface area contributed by atoms with Crippen LogP contribution < -0.4 is 10.1 Å². The third-order valence-electron chi connectivity index (χ3n) is 3.15. The van der Waals surface area contributed by atoms with Crippen LogP contribution in [0, 0.1) is 0 Å². The van der Waals surface area contributed by atoms with Gasteiger partial charge in [0, 0.05) is 24.8 Å². The van der Waals surface area contributed by atoms with E-state index in [0.29, 0.717) is 20.9 Å². The van der Waals surface area contributed by atoms with Crippen LogP contribution >= 0.6 is 27.5 Å². The highest BCUT2D eigenvalue weighted by atomic mass is 79.9. The van der Waals surface area contributed by atoms with E-state index in [9.17, 15) is 13.2 Å². The third kappa shape index (κ3) is 5.18. The smallest absolute Gasteiger partial charge is 0.262 e. The van der Waals surface area contributed by atoms with E-state index in [-0.39, 0.29) is 11.5 Å². The summed E-state index contributed by atoms with van der Waals surface area (Å²) in [5, 5.41) is 3.15. The van der Waals surface area contributed by atoms with Gasteiger partial charge in [-0.1, -0.05) is 17.7 Å². The van der Waals surface area contributed by atoms with E-state index >= 15 is 0 Å². The number of hydrogen-bond donors (Lipinski definition) is 1. The highest BCUT2D eigenvalue weighted by molar-refractivity contribution is 9.10. The lowest BCUT2D eigenvalue weighted by Gasteiger charge is -2.13. The molecule has 6 nitrogen and oxygen atoms in total. The first-order valence-corrected chi connectivity index (χ1v) is 9.71. The number of rotatable bonds is 6. The Labute approximate surface area is 159 Å². The number of anilines is 1. The molecule has 0 unspecified atom stereocenters. The number of halogens is 2. The van der Waals surface area contributed by atoms with E-state index in [2.05, 4.69) is 21.2 Å². The van der Waals surface area contributed by atoms with Gasteiger partial charge in [-0.15, -0.1) is 0 Å². The predicted octanol–water partition coefficient (Wildman–Crippen LogP) is 3.37. The lowest BCUT2D eigenvalue weighted by atomic mass is 10.3. The van der Waals surface area contributed by atoms with Gasteiger partial charge in [0.2, 0.25) is 10.0 Å². The molecule has 134 valence electrons. The van der Waals surface area contributed by atoms with Gasteiger partial charge in [-0.25, -0.2) is 12.7 Å². The van der Waals surface area contributed by atoms with Crippen LogP contribution in [0.2, 0.25) is 5.02 Å². The van der Waals surface area contributed by atoms with Crippen LogP contribution in [-0.2, 0) is 14.8 Å². The highest BCUT2D eigenvalue weighted by Gasteiger charge is 2.17. The number of sulfonamides is 1. The molecule has 1 N–H and O–H groups in total. The minimum Gasteiger partial charge on any atom is -0.483 e. The normalized spacial score (nSPS) is 11.4. The van der Waals surface area contributed by atoms with E-state index in [0.717, 1.165) is 4.31 Å². The first-order valence-electron chi connectivity index (χ1n) is 7.10. The van der Waals surface area contributed by atoms with Crippen LogP contribution in [0.15, 0.2) is 51.8 Å². The van der Waals surface area contributed by atoms with Crippen molar-refractivity contribution < 1.29 is 17.9 Å². The Morgan fingerprint density at radius 2 is 1.96 bits per heavy atom. The largest absolute Gasteiger partial charge is 0.483 e. The van der Waals surface area contributed by atoms with Crippen molar-refractivity contribution in [3.05, 3.63) is 52.0 Å². The van der Waals surface area contributed by atoms with Crippen LogP contribution in [0.4, 0.5) is 5.69 Å². The summed E-state index contributed by atoms with van der Waals surface area (Å²) in [7, 11) is -0.682. The molecule has 0 radical (unpaired) electrons. The van der Waals surface area contributed by atoms with Crippen molar-refractivity contribution in [2.75, 3.05) is 26.0 Å². The molecule has 9 heteroatoms. The summed E-state index contributed by atoms with van der Waals surface area (Å²) >= 11 is 9.14. The standard InChI is InChI=1S/C16H16BrClN2O4S/c1-20(2)25(22,23)13-5-3-4-12(9-13)19-16(21)10-24-15-7-6-11(18)8-14(15)17/h3-9H,10H2,1-2H3,(H,19,21). The second-order valence-electron chi connectivity index (χ2n) is 5.23. The van der Waals surface area contributed by atoms with Crippen molar-refractivity contribution in [1.82, 2.24) is 4.31 Å². The molecule has 0 aromatic heterocycles. The van der Waals surface area contributed by atoms with E-state index in [1.165, 1.54) is 26.2 Å². The molecule has 0 atom stereocenters. The molecule has 0 bridgehead atoms. The van der Waals surface area contributed by atoms with Gasteiger partial charge in [0.05, 0.1) is 9.37 Å².